The van der Waals surface area contributed by atoms with Gasteiger partial charge in [0.25, 0.3) is 0 Å². The maximum Gasteiger partial charge on any atom is 0.165 e. The Kier molecular flexibility index (Phi) is 4.45. The van der Waals surface area contributed by atoms with E-state index in [1.807, 2.05) is 37.3 Å². The molecule has 0 bridgehead atoms. The van der Waals surface area contributed by atoms with E-state index in [2.05, 4.69) is 0 Å². The fourth-order valence-corrected chi connectivity index (χ4v) is 2.09. The van der Waals surface area contributed by atoms with Crippen molar-refractivity contribution in [1.82, 2.24) is 0 Å². The van der Waals surface area contributed by atoms with Gasteiger partial charge in [-0.05, 0) is 37.5 Å². The zero-order chi connectivity index (χ0) is 13.7. The van der Waals surface area contributed by atoms with Gasteiger partial charge in [-0.25, -0.2) is 4.39 Å². The summed E-state index contributed by atoms with van der Waals surface area (Å²) in [5.74, 6) is -0.535. The lowest BCUT2D eigenvalue weighted by Crippen LogP contribution is -2.03. The van der Waals surface area contributed by atoms with Gasteiger partial charge in [-0.15, -0.1) is 0 Å². The summed E-state index contributed by atoms with van der Waals surface area (Å²) in [6.07, 6.45) is 1.98. The summed E-state index contributed by atoms with van der Waals surface area (Å²) >= 11 is 0. The van der Waals surface area contributed by atoms with Crippen LogP contribution in [0.3, 0.4) is 0 Å². The van der Waals surface area contributed by atoms with Crippen LogP contribution in [0.1, 0.15) is 34.3 Å². The predicted molar refractivity (Wildman–Crippen MR) is 74.8 cm³/mol. The van der Waals surface area contributed by atoms with Crippen LogP contribution >= 0.6 is 0 Å². The molecule has 0 unspecified atom stereocenters. The van der Waals surface area contributed by atoms with Crippen molar-refractivity contribution in [3.63, 3.8) is 0 Å². The highest BCUT2D eigenvalue weighted by molar-refractivity contribution is 5.96. The first-order chi connectivity index (χ1) is 9.16. The summed E-state index contributed by atoms with van der Waals surface area (Å²) in [5.41, 5.74) is 2.33. The average molecular weight is 256 g/mol. The van der Waals surface area contributed by atoms with Crippen LogP contribution in [0.25, 0.3) is 0 Å². The Morgan fingerprint density at radius 1 is 1.11 bits per heavy atom. The molecule has 0 atom stereocenters. The number of Topliss-reactive ketones (excluding diaryl/α,β-unsaturated/α-hetero) is 1. The summed E-state index contributed by atoms with van der Waals surface area (Å²) in [4.78, 5) is 12.0. The highest BCUT2D eigenvalue weighted by atomic mass is 19.1. The Hall–Kier alpha value is -1.96. The molecule has 2 heteroatoms. The SMILES string of the molecule is Cc1ccc(F)c(C(=O)CCCc2ccccc2)c1. The minimum atomic E-state index is -0.421. The monoisotopic (exact) mass is 256 g/mol. The normalized spacial score (nSPS) is 10.4. The van der Waals surface area contributed by atoms with Crippen LogP contribution in [0.15, 0.2) is 48.5 Å². The third-order valence-electron chi connectivity index (χ3n) is 3.13. The number of carbonyl (C=O) groups is 1. The van der Waals surface area contributed by atoms with Gasteiger partial charge in [0, 0.05) is 6.42 Å². The third-order valence-corrected chi connectivity index (χ3v) is 3.13. The summed E-state index contributed by atoms with van der Waals surface area (Å²) in [6, 6.07) is 14.7. The molecule has 0 saturated carbocycles. The smallest absolute Gasteiger partial charge is 0.165 e. The molecule has 0 N–H and O–H groups in total. The second kappa shape index (κ2) is 6.28. The lowest BCUT2D eigenvalue weighted by atomic mass is 10.0. The molecule has 2 aromatic carbocycles. The molecule has 0 saturated heterocycles. The number of halogens is 1. The zero-order valence-corrected chi connectivity index (χ0v) is 11.0. The van der Waals surface area contributed by atoms with Gasteiger partial charge in [0.1, 0.15) is 5.82 Å². The van der Waals surface area contributed by atoms with E-state index in [0.29, 0.717) is 6.42 Å². The van der Waals surface area contributed by atoms with E-state index in [9.17, 15) is 9.18 Å². The van der Waals surface area contributed by atoms with Gasteiger partial charge < -0.3 is 0 Å². The van der Waals surface area contributed by atoms with Gasteiger partial charge in [0.15, 0.2) is 5.78 Å². The third kappa shape index (κ3) is 3.75. The lowest BCUT2D eigenvalue weighted by molar-refractivity contribution is 0.0976. The molecule has 0 aliphatic rings. The maximum absolute atomic E-state index is 13.5. The van der Waals surface area contributed by atoms with Crippen molar-refractivity contribution in [1.29, 1.82) is 0 Å². The Morgan fingerprint density at radius 2 is 1.84 bits per heavy atom. The average Bonchev–Trinajstić information content (AvgIpc) is 2.42. The van der Waals surface area contributed by atoms with E-state index in [1.165, 1.54) is 11.6 Å². The summed E-state index contributed by atoms with van der Waals surface area (Å²) < 4.78 is 13.5. The first kappa shape index (κ1) is 13.5. The van der Waals surface area contributed by atoms with Crippen LogP contribution in [-0.4, -0.2) is 5.78 Å². The molecular formula is C17H17FO. The molecule has 0 amide bonds. The van der Waals surface area contributed by atoms with Crippen molar-refractivity contribution < 1.29 is 9.18 Å². The van der Waals surface area contributed by atoms with Crippen LogP contribution in [-0.2, 0) is 6.42 Å². The summed E-state index contributed by atoms with van der Waals surface area (Å²) in [6.45, 7) is 1.86. The molecule has 0 radical (unpaired) electrons. The van der Waals surface area contributed by atoms with Gasteiger partial charge in [0.05, 0.1) is 5.56 Å². The van der Waals surface area contributed by atoms with Crippen LogP contribution in [0.5, 0.6) is 0 Å². The minimum absolute atomic E-state index is 0.114. The summed E-state index contributed by atoms with van der Waals surface area (Å²) in [7, 11) is 0. The highest BCUT2D eigenvalue weighted by Crippen LogP contribution is 2.14. The molecule has 2 rings (SSSR count). The fourth-order valence-electron chi connectivity index (χ4n) is 2.09. The first-order valence-corrected chi connectivity index (χ1v) is 6.50. The zero-order valence-electron chi connectivity index (χ0n) is 11.0. The highest BCUT2D eigenvalue weighted by Gasteiger charge is 2.11. The number of carbonyl (C=O) groups excluding carboxylic acids is 1. The molecule has 0 aliphatic carbocycles. The van der Waals surface area contributed by atoms with Crippen LogP contribution in [0, 0.1) is 12.7 Å². The van der Waals surface area contributed by atoms with E-state index in [1.54, 1.807) is 12.1 Å². The van der Waals surface area contributed by atoms with Gasteiger partial charge >= 0.3 is 0 Å². The van der Waals surface area contributed by atoms with E-state index < -0.39 is 5.82 Å². The number of hydrogen-bond acceptors (Lipinski definition) is 1. The number of benzene rings is 2. The lowest BCUT2D eigenvalue weighted by Gasteiger charge is -2.04. The van der Waals surface area contributed by atoms with Crippen LogP contribution in [0.4, 0.5) is 4.39 Å². The van der Waals surface area contributed by atoms with Gasteiger partial charge in [-0.3, -0.25) is 4.79 Å². The number of rotatable bonds is 5. The molecule has 98 valence electrons. The Morgan fingerprint density at radius 3 is 2.58 bits per heavy atom. The Balaban J connectivity index is 1.93. The van der Waals surface area contributed by atoms with Gasteiger partial charge in [0.2, 0.25) is 0 Å². The number of hydrogen-bond donors (Lipinski definition) is 0. The molecule has 2 aromatic rings. The topological polar surface area (TPSA) is 17.1 Å². The molecule has 0 aliphatic heterocycles. The minimum Gasteiger partial charge on any atom is -0.294 e. The van der Waals surface area contributed by atoms with Crippen molar-refractivity contribution in [2.75, 3.05) is 0 Å². The molecule has 0 heterocycles. The standard InChI is InChI=1S/C17H17FO/c1-13-10-11-16(18)15(12-13)17(19)9-5-8-14-6-3-2-4-7-14/h2-4,6-7,10-12H,5,8-9H2,1H3. The van der Waals surface area contributed by atoms with Crippen molar-refractivity contribution in [2.45, 2.75) is 26.2 Å². The quantitative estimate of drug-likeness (QED) is 0.727. The molecule has 0 fully saturated rings. The van der Waals surface area contributed by atoms with E-state index in [0.717, 1.165) is 18.4 Å². The molecule has 19 heavy (non-hydrogen) atoms. The van der Waals surface area contributed by atoms with E-state index >= 15 is 0 Å². The van der Waals surface area contributed by atoms with Crippen LogP contribution < -0.4 is 0 Å². The fraction of sp³-hybridized carbons (Fsp3) is 0.235. The first-order valence-electron chi connectivity index (χ1n) is 6.50. The second-order valence-electron chi connectivity index (χ2n) is 4.75. The predicted octanol–water partition coefficient (Wildman–Crippen LogP) is 4.34. The molecule has 0 spiro atoms. The number of ketones is 1. The largest absolute Gasteiger partial charge is 0.294 e. The van der Waals surface area contributed by atoms with Crippen molar-refractivity contribution in [3.05, 3.63) is 71.0 Å². The Bertz CT molecular complexity index is 561. The molecule has 0 aromatic heterocycles. The second-order valence-corrected chi connectivity index (χ2v) is 4.75. The molecular weight excluding hydrogens is 239 g/mol. The summed E-state index contributed by atoms with van der Waals surface area (Å²) in [5, 5.41) is 0. The maximum atomic E-state index is 13.5. The van der Waals surface area contributed by atoms with Gasteiger partial charge in [-0.1, -0.05) is 42.0 Å². The van der Waals surface area contributed by atoms with Crippen molar-refractivity contribution >= 4 is 5.78 Å². The van der Waals surface area contributed by atoms with Crippen molar-refractivity contribution in [2.24, 2.45) is 0 Å². The van der Waals surface area contributed by atoms with Crippen molar-refractivity contribution in [3.8, 4) is 0 Å². The van der Waals surface area contributed by atoms with E-state index in [4.69, 9.17) is 0 Å². The number of aryl methyl sites for hydroxylation is 2. The van der Waals surface area contributed by atoms with E-state index in [-0.39, 0.29) is 11.3 Å². The van der Waals surface area contributed by atoms with Crippen LogP contribution in [0.2, 0.25) is 0 Å². The Labute approximate surface area is 113 Å². The van der Waals surface area contributed by atoms with Gasteiger partial charge in [-0.2, -0.15) is 0 Å². The molecule has 1 nitrogen and oxygen atoms in total.